The zero-order valence-corrected chi connectivity index (χ0v) is 42.2. The van der Waals surface area contributed by atoms with E-state index in [1.165, 1.54) is 33.4 Å². The molecule has 336 valence electrons. The Kier molecular flexibility index (Phi) is 12.5. The normalized spacial score (nSPS) is 13.1. The van der Waals surface area contributed by atoms with Gasteiger partial charge in [-0.3, -0.25) is 0 Å². The molecule has 0 unspecified atom stereocenters. The van der Waals surface area contributed by atoms with Gasteiger partial charge in [0.2, 0.25) is 0 Å². The van der Waals surface area contributed by atoms with Gasteiger partial charge in [0.05, 0.1) is 0 Å². The first-order valence-electron chi connectivity index (χ1n) is 22.9. The molecule has 3 heterocycles. The Bertz CT molecular complexity index is 3010. The van der Waals surface area contributed by atoms with Crippen LogP contribution in [-0.4, -0.2) is 9.55 Å². The number of hydrogen-bond donors (Lipinski definition) is 0. The van der Waals surface area contributed by atoms with Crippen molar-refractivity contribution in [2.24, 2.45) is 0 Å². The van der Waals surface area contributed by atoms with Crippen LogP contribution in [-0.2, 0) is 31.9 Å². The topological polar surface area (TPSA) is 33.5 Å². The molecular weight excluding hydrogens is 976 g/mol. The molecule has 1 aliphatic heterocycles. The quantitative estimate of drug-likeness (QED) is 0.135. The van der Waals surface area contributed by atoms with E-state index >= 15 is 0 Å². The number of hydrogen-bond acceptors (Lipinski definition) is 4. The molecule has 0 fully saturated rings. The number of pyridine rings is 1. The van der Waals surface area contributed by atoms with E-state index in [-0.39, 0.29) is 31.9 Å². The molecule has 0 saturated heterocycles. The second-order valence-corrected chi connectivity index (χ2v) is 20.5. The van der Waals surface area contributed by atoms with Crippen LogP contribution in [0, 0.1) is 18.8 Å². The molecule has 5 nitrogen and oxygen atoms in total. The number of aromatic nitrogens is 2. The van der Waals surface area contributed by atoms with Crippen molar-refractivity contribution in [3.63, 3.8) is 0 Å². The van der Waals surface area contributed by atoms with Crippen LogP contribution in [0.25, 0.3) is 38.8 Å². The second-order valence-electron chi connectivity index (χ2n) is 20.5. The van der Waals surface area contributed by atoms with Crippen molar-refractivity contribution in [2.45, 2.75) is 112 Å². The molecule has 8 aromatic rings. The molecule has 0 aliphatic carbocycles. The average Bonchev–Trinajstić information content (AvgIpc) is 3.81. The summed E-state index contributed by atoms with van der Waals surface area (Å²) in [6.07, 6.45) is 1.91. The monoisotopic (exact) mass is 1040 g/mol. The van der Waals surface area contributed by atoms with E-state index in [0.717, 1.165) is 55.9 Å². The van der Waals surface area contributed by atoms with Crippen molar-refractivity contribution in [1.82, 2.24) is 9.55 Å². The summed E-state index contributed by atoms with van der Waals surface area (Å²) in [5.41, 5.74) is 15.2. The number of fused-ring (bicyclic) bond motifs is 4. The van der Waals surface area contributed by atoms with Gasteiger partial charge in [-0.2, -0.15) is 6.07 Å². The fourth-order valence-corrected chi connectivity index (χ4v) is 9.05. The first-order chi connectivity index (χ1) is 30.5. The maximum absolute atomic E-state index is 6.84. The largest absolute Gasteiger partial charge is 0.509 e. The van der Waals surface area contributed by atoms with Crippen molar-refractivity contribution in [2.75, 3.05) is 9.80 Å². The summed E-state index contributed by atoms with van der Waals surface area (Å²) in [7, 11) is 0. The van der Waals surface area contributed by atoms with Gasteiger partial charge < -0.3 is 19.1 Å². The van der Waals surface area contributed by atoms with Gasteiger partial charge in [-0.1, -0.05) is 143 Å². The van der Waals surface area contributed by atoms with Gasteiger partial charge in [-0.05, 0) is 110 Å². The minimum atomic E-state index is -0.160. The molecule has 0 radical (unpaired) electrons. The van der Waals surface area contributed by atoms with Gasteiger partial charge in [-0.15, -0.1) is 53.6 Å². The van der Waals surface area contributed by atoms with Crippen LogP contribution in [0.2, 0.25) is 0 Å². The van der Waals surface area contributed by atoms with E-state index in [1.807, 2.05) is 12.3 Å². The van der Waals surface area contributed by atoms with Crippen molar-refractivity contribution < 1.29 is 25.8 Å². The van der Waals surface area contributed by atoms with Crippen LogP contribution in [0.1, 0.15) is 129 Å². The first kappa shape index (κ1) is 45.9. The third kappa shape index (κ3) is 8.77. The molecule has 2 aromatic heterocycles. The SMILES string of the molecule is CC(C)c1cc(C(C)C)c(-c2cccc(N3[CH-]N(c4[c-]c(Oc5[c-]c6c(cc5)c5ccccc5n6-c5cc(C(C)(C)C)ccn5)cc(C(C)(C)C)c4)c4ccccc43)c2)c(C(C)C)c1.[Pt]. The third-order valence-electron chi connectivity index (χ3n) is 12.8. The van der Waals surface area contributed by atoms with Gasteiger partial charge in [-0.25, -0.2) is 4.98 Å². The summed E-state index contributed by atoms with van der Waals surface area (Å²) in [6, 6.07) is 51.3. The fourth-order valence-electron chi connectivity index (χ4n) is 9.05. The predicted octanol–water partition coefficient (Wildman–Crippen LogP) is 16.6. The number of para-hydroxylation sites is 3. The van der Waals surface area contributed by atoms with Crippen molar-refractivity contribution in [3.05, 3.63) is 174 Å². The molecular formula is C59H61N4OPt-3. The summed E-state index contributed by atoms with van der Waals surface area (Å²) in [5.74, 6) is 3.35. The number of anilines is 4. The van der Waals surface area contributed by atoms with Crippen LogP contribution >= 0.6 is 0 Å². The van der Waals surface area contributed by atoms with Gasteiger partial charge in [0.1, 0.15) is 5.82 Å². The zero-order chi connectivity index (χ0) is 45.2. The molecule has 0 spiro atoms. The Morgan fingerprint density at radius 2 is 1.25 bits per heavy atom. The maximum Gasteiger partial charge on any atom is 0.135 e. The number of rotatable bonds is 9. The van der Waals surface area contributed by atoms with Crippen LogP contribution in [0.4, 0.5) is 22.7 Å². The average molecular weight is 1040 g/mol. The van der Waals surface area contributed by atoms with Gasteiger partial charge in [0, 0.05) is 61.3 Å². The summed E-state index contributed by atoms with van der Waals surface area (Å²) in [4.78, 5) is 9.44. The molecule has 9 rings (SSSR count). The molecule has 1 aliphatic rings. The fraction of sp³-hybridized carbons (Fsp3) is 0.288. The molecule has 0 bridgehead atoms. The van der Waals surface area contributed by atoms with Crippen molar-refractivity contribution in [3.8, 4) is 28.4 Å². The summed E-state index contributed by atoms with van der Waals surface area (Å²) >= 11 is 0. The van der Waals surface area contributed by atoms with Crippen LogP contribution < -0.4 is 14.5 Å². The molecule has 0 atom stereocenters. The summed E-state index contributed by atoms with van der Waals surface area (Å²) < 4.78 is 9.05. The number of ether oxygens (including phenoxy) is 1. The number of benzene rings is 6. The van der Waals surface area contributed by atoms with E-state index < -0.39 is 0 Å². The molecule has 0 N–H and O–H groups in total. The smallest absolute Gasteiger partial charge is 0.135 e. The van der Waals surface area contributed by atoms with Crippen LogP contribution in [0.15, 0.2) is 128 Å². The summed E-state index contributed by atoms with van der Waals surface area (Å²) in [5, 5.41) is 2.25. The maximum atomic E-state index is 6.84. The Morgan fingerprint density at radius 3 is 1.91 bits per heavy atom. The zero-order valence-electron chi connectivity index (χ0n) is 39.9. The predicted molar refractivity (Wildman–Crippen MR) is 269 cm³/mol. The molecule has 6 aromatic carbocycles. The minimum Gasteiger partial charge on any atom is -0.509 e. The van der Waals surface area contributed by atoms with Crippen LogP contribution in [0.3, 0.4) is 0 Å². The standard InChI is InChI=1S/C59H61N4O.Pt/c1-37(2)41-29-50(38(3)4)57(51(30-41)39(5)6)40-18-17-19-44(28-40)61-36-62(54-23-16-15-22-53(54)61)45-31-43(59(10,11)12)32-47(34-45)64-46-24-25-49-48-20-13-14-21-52(48)63(55(49)35-46)56-33-42(26-27-60-56)58(7,8)9;/h13-33,36-39H,1-12H3;/q-3;. The van der Waals surface area contributed by atoms with E-state index in [2.05, 4.69) is 232 Å². The Balaban J connectivity index is 0.00000576. The Labute approximate surface area is 401 Å². The van der Waals surface area contributed by atoms with Gasteiger partial charge >= 0.3 is 0 Å². The van der Waals surface area contributed by atoms with E-state index in [0.29, 0.717) is 29.3 Å². The van der Waals surface area contributed by atoms with Crippen molar-refractivity contribution in [1.29, 1.82) is 0 Å². The Hall–Kier alpha value is -5.64. The third-order valence-corrected chi connectivity index (χ3v) is 12.8. The van der Waals surface area contributed by atoms with Crippen LogP contribution in [0.5, 0.6) is 11.5 Å². The first-order valence-corrected chi connectivity index (χ1v) is 22.9. The van der Waals surface area contributed by atoms with E-state index in [1.54, 1.807) is 0 Å². The Morgan fingerprint density at radius 1 is 0.585 bits per heavy atom. The molecule has 0 amide bonds. The van der Waals surface area contributed by atoms with Gasteiger partial charge in [0.25, 0.3) is 0 Å². The molecule has 0 saturated carbocycles. The number of nitrogens with zero attached hydrogens (tertiary/aromatic N) is 4. The van der Waals surface area contributed by atoms with E-state index in [9.17, 15) is 0 Å². The van der Waals surface area contributed by atoms with E-state index in [4.69, 9.17) is 9.72 Å². The molecule has 65 heavy (non-hydrogen) atoms. The van der Waals surface area contributed by atoms with Gasteiger partial charge in [0.15, 0.2) is 0 Å². The van der Waals surface area contributed by atoms with Crippen molar-refractivity contribution >= 4 is 44.6 Å². The minimum absolute atomic E-state index is 0. The summed E-state index contributed by atoms with van der Waals surface area (Å²) in [6.45, 7) is 29.5. The molecule has 6 heteroatoms. The second kappa shape index (κ2) is 17.6.